The quantitative estimate of drug-likeness (QED) is 0.112. The second-order valence-corrected chi connectivity index (χ2v) is 10.5. The highest BCUT2D eigenvalue weighted by atomic mass is 32.3. The van der Waals surface area contributed by atoms with Crippen LogP contribution in [0.3, 0.4) is 0 Å². The fourth-order valence-electron chi connectivity index (χ4n) is 3.76. The van der Waals surface area contributed by atoms with Gasteiger partial charge in [-0.2, -0.15) is 16.8 Å². The average Bonchev–Trinajstić information content (AvgIpc) is 3.13. The Bertz CT molecular complexity index is 961. The van der Waals surface area contributed by atoms with Crippen LogP contribution < -0.4 is 16.0 Å². The molecule has 2 saturated heterocycles. The molecule has 2 heterocycles. The maximum absolute atomic E-state index is 12.3. The molecule has 0 saturated carbocycles. The molecule has 0 aliphatic carbocycles. The average molecular weight is 552 g/mol. The highest BCUT2D eigenvalue weighted by Gasteiger charge is 2.50. The molecule has 204 valence electrons. The van der Waals surface area contributed by atoms with Crippen molar-refractivity contribution in [1.82, 2.24) is 16.0 Å². The van der Waals surface area contributed by atoms with Crippen LogP contribution in [-0.4, -0.2) is 127 Å². The smallest absolute Gasteiger partial charge is 0.395 e. The third-order valence-electron chi connectivity index (χ3n) is 5.27. The number of ether oxygens (including phenoxy) is 2. The van der Waals surface area contributed by atoms with E-state index in [1.807, 2.05) is 0 Å². The van der Waals surface area contributed by atoms with Gasteiger partial charge in [0.1, 0.15) is 24.4 Å². The van der Waals surface area contributed by atoms with Crippen molar-refractivity contribution in [3.8, 4) is 0 Å². The van der Waals surface area contributed by atoms with Crippen molar-refractivity contribution >= 4 is 32.3 Å². The molecule has 2 rings (SSSR count). The number of aliphatic hydroxyl groups excluding tert-OH is 3. The Balaban J connectivity index is 2.15. The summed E-state index contributed by atoms with van der Waals surface area (Å²) in [5, 5.41) is 37.3. The predicted octanol–water partition coefficient (Wildman–Crippen LogP) is -5.13. The van der Waals surface area contributed by atoms with Crippen LogP contribution in [0.4, 0.5) is 0 Å². The van der Waals surface area contributed by atoms with Crippen LogP contribution >= 0.6 is 0 Å². The summed E-state index contributed by atoms with van der Waals surface area (Å²) < 4.78 is 77.3. The van der Waals surface area contributed by atoms with E-state index in [2.05, 4.69) is 20.1 Å². The van der Waals surface area contributed by atoms with Crippen molar-refractivity contribution in [3.05, 3.63) is 0 Å². The second kappa shape index (κ2) is 12.1. The summed E-state index contributed by atoms with van der Waals surface area (Å²) in [7, 11) is -9.38. The molecule has 2 aliphatic rings. The summed E-state index contributed by atoms with van der Waals surface area (Å²) >= 11 is 0. The minimum Gasteiger partial charge on any atom is -0.395 e. The molecule has 0 aromatic carbocycles. The molecule has 2 fully saturated rings. The maximum atomic E-state index is 12.3. The zero-order valence-corrected chi connectivity index (χ0v) is 20.0. The number of carbonyl (C=O) groups is 2. The second-order valence-electron chi connectivity index (χ2n) is 7.93. The van der Waals surface area contributed by atoms with Crippen molar-refractivity contribution in [2.45, 2.75) is 62.2 Å². The number of amides is 2. The molecule has 0 unspecified atom stereocenters. The van der Waals surface area contributed by atoms with Crippen LogP contribution in [0.15, 0.2) is 0 Å². The molecular weight excluding hydrogens is 522 g/mol. The van der Waals surface area contributed by atoms with Crippen molar-refractivity contribution in [1.29, 1.82) is 0 Å². The number of carbonyl (C=O) groups excluding carboxylic acids is 2. The minimum absolute atomic E-state index is 0.0829. The SMILES string of the molecule is CC(=O)N[C@H]1[C@H](O[C@H]2C[C@H](C(=O)NCCS(=O)(=O)O)N[C@H]2CO)O[C@H](CO)[C@@H](OS(=O)(=O)O)[C@@H]1O. The zero-order valence-electron chi connectivity index (χ0n) is 18.4. The molecule has 0 spiro atoms. The molecule has 0 bridgehead atoms. The first kappa shape index (κ1) is 29.7. The van der Waals surface area contributed by atoms with E-state index in [0.29, 0.717) is 0 Å². The van der Waals surface area contributed by atoms with Gasteiger partial charge in [-0.1, -0.05) is 0 Å². The van der Waals surface area contributed by atoms with Crippen molar-refractivity contribution < 1.29 is 64.5 Å². The summed E-state index contributed by atoms with van der Waals surface area (Å²) in [6.07, 6.45) is -7.76. The summed E-state index contributed by atoms with van der Waals surface area (Å²) in [5.41, 5.74) is 0. The maximum Gasteiger partial charge on any atom is 0.397 e. The lowest BCUT2D eigenvalue weighted by Gasteiger charge is -2.44. The van der Waals surface area contributed by atoms with E-state index in [0.717, 1.165) is 6.92 Å². The molecule has 8 N–H and O–H groups in total. The molecule has 2 aliphatic heterocycles. The third kappa shape index (κ3) is 8.82. The molecule has 0 aromatic heterocycles. The van der Waals surface area contributed by atoms with Crippen LogP contribution in [0.2, 0.25) is 0 Å². The van der Waals surface area contributed by atoms with E-state index in [1.165, 1.54) is 0 Å². The third-order valence-corrected chi connectivity index (χ3v) is 6.45. The number of nitrogens with one attached hydrogen (secondary N) is 3. The van der Waals surface area contributed by atoms with E-state index in [-0.39, 0.29) is 13.0 Å². The number of hydrogen-bond donors (Lipinski definition) is 8. The van der Waals surface area contributed by atoms with Crippen LogP contribution in [0.1, 0.15) is 13.3 Å². The standard InChI is InChI=1S/C16H29N3O14S2/c1-7(22)18-12-13(23)14(33-35(28,29)30)11(6-21)32-16(12)31-10-4-8(19-9(10)5-20)15(24)17-2-3-34(25,26)27/h8-14,16,19-21,23H,2-6H2,1H3,(H,17,24)(H,18,22)(H,25,26,27)(H,28,29,30)/t8-,9+,10+,11-,12-,13-,14-,16-/m1/s1. The molecule has 17 nitrogen and oxygen atoms in total. The van der Waals surface area contributed by atoms with Gasteiger partial charge in [-0.15, -0.1) is 0 Å². The summed E-state index contributed by atoms with van der Waals surface area (Å²) in [5.74, 6) is -2.05. The van der Waals surface area contributed by atoms with Gasteiger partial charge in [0, 0.05) is 13.5 Å². The zero-order chi connectivity index (χ0) is 26.6. The molecule has 8 atom stereocenters. The predicted molar refractivity (Wildman–Crippen MR) is 112 cm³/mol. The first-order chi connectivity index (χ1) is 16.1. The van der Waals surface area contributed by atoms with Crippen molar-refractivity contribution in [2.75, 3.05) is 25.5 Å². The van der Waals surface area contributed by atoms with Crippen molar-refractivity contribution in [3.63, 3.8) is 0 Å². The number of rotatable bonds is 11. The van der Waals surface area contributed by atoms with E-state index in [9.17, 15) is 41.7 Å². The van der Waals surface area contributed by atoms with Crippen LogP contribution in [0.25, 0.3) is 0 Å². The van der Waals surface area contributed by atoms with Gasteiger partial charge < -0.3 is 35.4 Å². The van der Waals surface area contributed by atoms with Gasteiger partial charge in [0.05, 0.1) is 37.2 Å². The van der Waals surface area contributed by atoms with Gasteiger partial charge in [0.2, 0.25) is 11.8 Å². The Morgan fingerprint density at radius 1 is 1.14 bits per heavy atom. The lowest BCUT2D eigenvalue weighted by Crippen LogP contribution is -2.66. The monoisotopic (exact) mass is 551 g/mol. The van der Waals surface area contributed by atoms with Crippen LogP contribution in [-0.2, 0) is 43.8 Å². The lowest BCUT2D eigenvalue weighted by molar-refractivity contribution is -0.279. The van der Waals surface area contributed by atoms with Gasteiger partial charge in [-0.25, -0.2) is 4.18 Å². The molecule has 19 heteroatoms. The highest BCUT2D eigenvalue weighted by molar-refractivity contribution is 7.85. The van der Waals surface area contributed by atoms with E-state index >= 15 is 0 Å². The Hall–Kier alpha value is -1.52. The van der Waals surface area contributed by atoms with E-state index < -0.39 is 100 Å². The van der Waals surface area contributed by atoms with Gasteiger partial charge in [0.15, 0.2) is 6.29 Å². The molecule has 2 amide bonds. The van der Waals surface area contributed by atoms with Crippen LogP contribution in [0, 0.1) is 0 Å². The molecular formula is C16H29N3O14S2. The summed E-state index contributed by atoms with van der Waals surface area (Å²) in [6, 6.07) is -3.27. The fraction of sp³-hybridized carbons (Fsp3) is 0.875. The Morgan fingerprint density at radius 3 is 2.31 bits per heavy atom. The first-order valence-corrected chi connectivity index (χ1v) is 13.2. The molecule has 35 heavy (non-hydrogen) atoms. The van der Waals surface area contributed by atoms with Gasteiger partial charge in [0.25, 0.3) is 10.1 Å². The highest BCUT2D eigenvalue weighted by Crippen LogP contribution is 2.29. The fourth-order valence-corrected chi connectivity index (χ4v) is 4.64. The van der Waals surface area contributed by atoms with Gasteiger partial charge in [-0.3, -0.25) is 24.0 Å². The lowest BCUT2D eigenvalue weighted by atomic mass is 9.96. The van der Waals surface area contributed by atoms with E-state index in [4.69, 9.17) is 18.6 Å². The van der Waals surface area contributed by atoms with Crippen LogP contribution in [0.5, 0.6) is 0 Å². The molecule has 0 aromatic rings. The largest absolute Gasteiger partial charge is 0.397 e. The number of aliphatic hydroxyl groups is 3. The van der Waals surface area contributed by atoms with E-state index in [1.54, 1.807) is 0 Å². The normalized spacial score (nSPS) is 33.9. The molecule has 0 radical (unpaired) electrons. The minimum atomic E-state index is -5.08. The summed E-state index contributed by atoms with van der Waals surface area (Å²) in [4.78, 5) is 24.0. The Labute approximate surface area is 200 Å². The Morgan fingerprint density at radius 2 is 1.80 bits per heavy atom. The first-order valence-electron chi connectivity index (χ1n) is 10.3. The topological polar surface area (TPSA) is 267 Å². The number of hydrogen-bond acceptors (Lipinski definition) is 13. The van der Waals surface area contributed by atoms with Crippen molar-refractivity contribution in [2.24, 2.45) is 0 Å². The summed E-state index contributed by atoms with van der Waals surface area (Å²) in [6.45, 7) is -0.700. The Kier molecular flexibility index (Phi) is 10.3. The van der Waals surface area contributed by atoms with Gasteiger partial charge >= 0.3 is 10.4 Å². The van der Waals surface area contributed by atoms with Gasteiger partial charge in [-0.05, 0) is 6.42 Å².